The lowest BCUT2D eigenvalue weighted by molar-refractivity contribution is 0.332. The molecule has 1 unspecified atom stereocenters. The predicted molar refractivity (Wildman–Crippen MR) is 88.7 cm³/mol. The molecule has 0 aliphatic heterocycles. The molecule has 0 aromatic heterocycles. The predicted octanol–water partition coefficient (Wildman–Crippen LogP) is 5.85. The summed E-state index contributed by atoms with van der Waals surface area (Å²) in [4.78, 5) is 0. The van der Waals surface area contributed by atoms with Gasteiger partial charge in [0, 0.05) is 11.6 Å². The van der Waals surface area contributed by atoms with Crippen LogP contribution in [-0.4, -0.2) is 11.6 Å². The number of unbranched alkanes of at least 4 members (excludes halogenated alkanes) is 8. The summed E-state index contributed by atoms with van der Waals surface area (Å²) in [7, 11) is 0. The van der Waals surface area contributed by atoms with Gasteiger partial charge in [-0.05, 0) is 27.2 Å². The van der Waals surface area contributed by atoms with E-state index in [1.807, 2.05) is 6.08 Å². The molecular weight excluding hydrogens is 230 g/mol. The quantitative estimate of drug-likeness (QED) is 0.326. The summed E-state index contributed by atoms with van der Waals surface area (Å²) in [6, 6.07) is 0.411. The van der Waals surface area contributed by atoms with E-state index in [1.165, 1.54) is 64.2 Å². The molecule has 0 bridgehead atoms. The molecule has 1 heteroatoms. The van der Waals surface area contributed by atoms with E-state index in [0.29, 0.717) is 6.04 Å². The van der Waals surface area contributed by atoms with Crippen molar-refractivity contribution in [2.24, 2.45) is 0 Å². The molecule has 0 fully saturated rings. The Hall–Kier alpha value is -0.300. The van der Waals surface area contributed by atoms with Gasteiger partial charge in [0.05, 0.1) is 0 Å². The first-order valence-electron chi connectivity index (χ1n) is 8.42. The van der Waals surface area contributed by atoms with Crippen LogP contribution in [0.3, 0.4) is 0 Å². The molecule has 1 nitrogen and oxygen atoms in total. The van der Waals surface area contributed by atoms with Crippen molar-refractivity contribution < 1.29 is 0 Å². The van der Waals surface area contributed by atoms with Crippen molar-refractivity contribution in [3.8, 4) is 0 Å². The van der Waals surface area contributed by atoms with Crippen molar-refractivity contribution in [1.29, 1.82) is 0 Å². The van der Waals surface area contributed by atoms with Crippen LogP contribution < -0.4 is 5.32 Å². The smallest absolute Gasteiger partial charge is 0.0224 e. The number of rotatable bonds is 13. The molecule has 1 atom stereocenters. The Labute approximate surface area is 122 Å². The van der Waals surface area contributed by atoms with Gasteiger partial charge >= 0.3 is 0 Å². The molecule has 19 heavy (non-hydrogen) atoms. The van der Waals surface area contributed by atoms with E-state index < -0.39 is 0 Å². The minimum absolute atomic E-state index is 0.245. The highest BCUT2D eigenvalue weighted by Crippen LogP contribution is 2.16. The van der Waals surface area contributed by atoms with Crippen molar-refractivity contribution in [3.05, 3.63) is 12.7 Å². The fourth-order valence-corrected chi connectivity index (χ4v) is 2.63. The first-order valence-corrected chi connectivity index (χ1v) is 8.42. The maximum absolute atomic E-state index is 3.83. The summed E-state index contributed by atoms with van der Waals surface area (Å²) in [6.07, 6.45) is 15.9. The minimum atomic E-state index is 0.245. The van der Waals surface area contributed by atoms with E-state index in [9.17, 15) is 0 Å². The molecule has 0 aromatic rings. The zero-order valence-electron chi connectivity index (χ0n) is 13.9. The van der Waals surface area contributed by atoms with Gasteiger partial charge in [0.15, 0.2) is 0 Å². The molecule has 1 N–H and O–H groups in total. The molecule has 0 rings (SSSR count). The van der Waals surface area contributed by atoms with Crippen LogP contribution in [0.4, 0.5) is 0 Å². The zero-order valence-corrected chi connectivity index (χ0v) is 13.9. The van der Waals surface area contributed by atoms with Crippen LogP contribution in [0.5, 0.6) is 0 Å². The minimum Gasteiger partial charge on any atom is -0.306 e. The molecule has 0 saturated carbocycles. The summed E-state index contributed by atoms with van der Waals surface area (Å²) in [5.41, 5.74) is 0.245. The van der Waals surface area contributed by atoms with Crippen molar-refractivity contribution in [3.63, 3.8) is 0 Å². The Morgan fingerprint density at radius 2 is 1.42 bits per heavy atom. The van der Waals surface area contributed by atoms with Crippen molar-refractivity contribution in [2.75, 3.05) is 0 Å². The SMILES string of the molecule is C=CC(C)NC(C)(C)CCCCCCCCCCC. The summed E-state index contributed by atoms with van der Waals surface area (Å²) in [5, 5.41) is 3.61. The Bertz CT molecular complexity index is 208. The van der Waals surface area contributed by atoms with E-state index >= 15 is 0 Å². The van der Waals surface area contributed by atoms with E-state index in [4.69, 9.17) is 0 Å². The normalized spacial score (nSPS) is 13.5. The van der Waals surface area contributed by atoms with Crippen molar-refractivity contribution >= 4 is 0 Å². The molecule has 0 aliphatic carbocycles. The Balaban J connectivity index is 3.40. The molecule has 0 radical (unpaired) electrons. The largest absolute Gasteiger partial charge is 0.306 e. The second-order valence-corrected chi connectivity index (χ2v) is 6.63. The van der Waals surface area contributed by atoms with Gasteiger partial charge in [0.2, 0.25) is 0 Å². The molecule has 0 aliphatic rings. The topological polar surface area (TPSA) is 12.0 Å². The number of nitrogens with one attached hydrogen (secondary N) is 1. The van der Waals surface area contributed by atoms with Crippen molar-refractivity contribution in [1.82, 2.24) is 5.32 Å². The highest BCUT2D eigenvalue weighted by Gasteiger charge is 2.17. The van der Waals surface area contributed by atoms with Gasteiger partial charge in [-0.1, -0.05) is 70.8 Å². The van der Waals surface area contributed by atoms with Crippen LogP contribution in [0, 0.1) is 0 Å². The monoisotopic (exact) mass is 267 g/mol. The van der Waals surface area contributed by atoms with Gasteiger partial charge in [-0.3, -0.25) is 0 Å². The van der Waals surface area contributed by atoms with Gasteiger partial charge in [-0.15, -0.1) is 6.58 Å². The molecule has 0 amide bonds. The molecule has 0 spiro atoms. The van der Waals surface area contributed by atoms with E-state index in [0.717, 1.165) is 0 Å². The fraction of sp³-hybridized carbons (Fsp3) is 0.889. The second-order valence-electron chi connectivity index (χ2n) is 6.63. The third-order valence-corrected chi connectivity index (χ3v) is 3.88. The Kier molecular flexibility index (Phi) is 11.3. The van der Waals surface area contributed by atoms with Crippen LogP contribution >= 0.6 is 0 Å². The molecule has 0 saturated heterocycles. The van der Waals surface area contributed by atoms with E-state index in [2.05, 4.69) is 39.6 Å². The lowest BCUT2D eigenvalue weighted by Crippen LogP contribution is -2.43. The van der Waals surface area contributed by atoms with Crippen LogP contribution in [-0.2, 0) is 0 Å². The number of hydrogen-bond acceptors (Lipinski definition) is 1. The van der Waals surface area contributed by atoms with E-state index in [-0.39, 0.29) is 5.54 Å². The van der Waals surface area contributed by atoms with Crippen LogP contribution in [0.15, 0.2) is 12.7 Å². The standard InChI is InChI=1S/C18H37N/c1-6-8-9-10-11-12-13-14-15-16-18(4,5)19-17(3)7-2/h7,17,19H,2,6,8-16H2,1,3-5H3. The summed E-state index contributed by atoms with van der Waals surface area (Å²) in [5.74, 6) is 0. The molecule has 0 aromatic carbocycles. The van der Waals surface area contributed by atoms with Gasteiger partial charge in [0.1, 0.15) is 0 Å². The highest BCUT2D eigenvalue weighted by atomic mass is 15.0. The maximum atomic E-state index is 3.83. The zero-order chi connectivity index (χ0) is 14.6. The summed E-state index contributed by atoms with van der Waals surface area (Å²) in [6.45, 7) is 12.9. The average Bonchev–Trinajstić information content (AvgIpc) is 2.36. The molecule has 114 valence electrons. The highest BCUT2D eigenvalue weighted by molar-refractivity contribution is 4.88. The van der Waals surface area contributed by atoms with Gasteiger partial charge in [-0.25, -0.2) is 0 Å². The summed E-state index contributed by atoms with van der Waals surface area (Å²) < 4.78 is 0. The van der Waals surface area contributed by atoms with Gasteiger partial charge < -0.3 is 5.32 Å². The third-order valence-electron chi connectivity index (χ3n) is 3.88. The lowest BCUT2D eigenvalue weighted by Gasteiger charge is -2.29. The van der Waals surface area contributed by atoms with Crippen LogP contribution in [0.2, 0.25) is 0 Å². The second kappa shape index (κ2) is 11.5. The van der Waals surface area contributed by atoms with E-state index in [1.54, 1.807) is 0 Å². The Morgan fingerprint density at radius 1 is 0.947 bits per heavy atom. The first kappa shape index (κ1) is 18.7. The Morgan fingerprint density at radius 3 is 1.89 bits per heavy atom. The number of hydrogen-bond donors (Lipinski definition) is 1. The molecular formula is C18H37N. The fourth-order valence-electron chi connectivity index (χ4n) is 2.63. The third kappa shape index (κ3) is 12.5. The van der Waals surface area contributed by atoms with Gasteiger partial charge in [-0.2, -0.15) is 0 Å². The lowest BCUT2D eigenvalue weighted by atomic mass is 9.95. The van der Waals surface area contributed by atoms with Crippen molar-refractivity contribution in [2.45, 2.75) is 103 Å². The van der Waals surface area contributed by atoms with Crippen LogP contribution in [0.1, 0.15) is 91.9 Å². The molecule has 0 heterocycles. The van der Waals surface area contributed by atoms with Crippen LogP contribution in [0.25, 0.3) is 0 Å². The summed E-state index contributed by atoms with van der Waals surface area (Å²) >= 11 is 0. The first-order chi connectivity index (χ1) is 9.02. The average molecular weight is 268 g/mol. The van der Waals surface area contributed by atoms with Gasteiger partial charge in [0.25, 0.3) is 0 Å². The maximum Gasteiger partial charge on any atom is 0.0224 e.